The number of fused-ring (bicyclic) bond motifs is 2. The third-order valence-corrected chi connectivity index (χ3v) is 5.95. The Balaban J connectivity index is 1.60. The molecule has 1 heteroatoms. The standard InChI is InChI=1S/C27H31N/c1-26(2,3)23-11-13-24(14-12-23)27(4,5)28-25-15-10-21-16-19-8-6-7-9-20(19)17-22(21)18-25/h6-9,11-14,16-18,28H,10,15H2,1-5H3. The third-order valence-electron chi connectivity index (χ3n) is 5.95. The van der Waals surface area contributed by atoms with Gasteiger partial charge in [0.05, 0.1) is 5.54 Å². The van der Waals surface area contributed by atoms with Crippen LogP contribution in [0.3, 0.4) is 0 Å². The Hall–Kier alpha value is -2.54. The summed E-state index contributed by atoms with van der Waals surface area (Å²) in [5.41, 5.74) is 6.93. The maximum atomic E-state index is 3.82. The first-order chi connectivity index (χ1) is 13.2. The minimum atomic E-state index is -0.101. The summed E-state index contributed by atoms with van der Waals surface area (Å²) >= 11 is 0. The molecular weight excluding hydrogens is 338 g/mol. The molecule has 0 atom stereocenters. The molecule has 0 radical (unpaired) electrons. The molecule has 0 heterocycles. The van der Waals surface area contributed by atoms with E-state index in [0.717, 1.165) is 12.8 Å². The highest BCUT2D eigenvalue weighted by Crippen LogP contribution is 2.31. The Morgan fingerprint density at radius 3 is 1.96 bits per heavy atom. The van der Waals surface area contributed by atoms with Crippen molar-refractivity contribution in [2.45, 2.75) is 58.4 Å². The molecule has 0 unspecified atom stereocenters. The SMILES string of the molecule is CC(C)(C)c1ccc(C(C)(C)NC2=Cc3cc4ccccc4cc3CC2)cc1. The first kappa shape index (κ1) is 18.8. The summed E-state index contributed by atoms with van der Waals surface area (Å²) in [4.78, 5) is 0. The molecule has 0 saturated carbocycles. The molecule has 0 amide bonds. The van der Waals surface area contributed by atoms with Gasteiger partial charge in [-0.15, -0.1) is 0 Å². The van der Waals surface area contributed by atoms with Crippen molar-refractivity contribution in [3.8, 4) is 0 Å². The molecule has 1 aliphatic rings. The molecule has 1 nitrogen and oxygen atoms in total. The summed E-state index contributed by atoms with van der Waals surface area (Å²) in [5.74, 6) is 0. The molecule has 1 N–H and O–H groups in total. The predicted octanol–water partition coefficient (Wildman–Crippen LogP) is 6.95. The largest absolute Gasteiger partial charge is 0.379 e. The quantitative estimate of drug-likeness (QED) is 0.527. The van der Waals surface area contributed by atoms with Crippen LogP contribution in [0.4, 0.5) is 0 Å². The lowest BCUT2D eigenvalue weighted by Crippen LogP contribution is -2.36. The van der Waals surface area contributed by atoms with Crippen LogP contribution in [0.1, 0.15) is 63.3 Å². The molecular formula is C27H31N. The zero-order chi connectivity index (χ0) is 19.9. The lowest BCUT2D eigenvalue weighted by atomic mass is 9.84. The monoisotopic (exact) mass is 369 g/mol. The van der Waals surface area contributed by atoms with Crippen molar-refractivity contribution in [3.05, 3.63) is 88.6 Å². The normalized spacial score (nSPS) is 14.5. The zero-order valence-electron chi connectivity index (χ0n) is 17.8. The van der Waals surface area contributed by atoms with Gasteiger partial charge in [-0.25, -0.2) is 0 Å². The van der Waals surface area contributed by atoms with Crippen LogP contribution in [-0.4, -0.2) is 0 Å². The first-order valence-corrected chi connectivity index (χ1v) is 10.3. The number of hydrogen-bond acceptors (Lipinski definition) is 1. The molecule has 1 aliphatic carbocycles. The van der Waals surface area contributed by atoms with Crippen LogP contribution in [0, 0.1) is 0 Å². The van der Waals surface area contributed by atoms with Gasteiger partial charge in [-0.05, 0) is 77.3 Å². The van der Waals surface area contributed by atoms with Gasteiger partial charge in [-0.1, -0.05) is 75.4 Å². The van der Waals surface area contributed by atoms with Crippen molar-refractivity contribution in [1.82, 2.24) is 5.32 Å². The summed E-state index contributed by atoms with van der Waals surface area (Å²) in [6.45, 7) is 11.3. The average Bonchev–Trinajstić information content (AvgIpc) is 2.65. The number of nitrogens with one attached hydrogen (secondary N) is 1. The fraction of sp³-hybridized carbons (Fsp3) is 0.333. The summed E-state index contributed by atoms with van der Waals surface area (Å²) < 4.78 is 0. The zero-order valence-corrected chi connectivity index (χ0v) is 17.8. The molecule has 0 aliphatic heterocycles. The van der Waals surface area contributed by atoms with E-state index in [2.05, 4.69) is 107 Å². The minimum absolute atomic E-state index is 0.101. The van der Waals surface area contributed by atoms with Crippen molar-refractivity contribution >= 4 is 16.8 Å². The van der Waals surface area contributed by atoms with Crippen molar-refractivity contribution < 1.29 is 0 Å². The Morgan fingerprint density at radius 2 is 1.32 bits per heavy atom. The van der Waals surface area contributed by atoms with E-state index in [4.69, 9.17) is 0 Å². The smallest absolute Gasteiger partial charge is 0.0566 e. The van der Waals surface area contributed by atoms with Crippen molar-refractivity contribution in [1.29, 1.82) is 0 Å². The molecule has 0 spiro atoms. The predicted molar refractivity (Wildman–Crippen MR) is 122 cm³/mol. The van der Waals surface area contributed by atoms with Crippen molar-refractivity contribution in [2.75, 3.05) is 0 Å². The molecule has 4 rings (SSSR count). The van der Waals surface area contributed by atoms with Crippen LogP contribution in [0.5, 0.6) is 0 Å². The van der Waals surface area contributed by atoms with Crippen molar-refractivity contribution in [3.63, 3.8) is 0 Å². The first-order valence-electron chi connectivity index (χ1n) is 10.3. The summed E-state index contributed by atoms with van der Waals surface area (Å²) in [6.07, 6.45) is 4.50. The second-order valence-electron chi connectivity index (χ2n) is 9.65. The number of aryl methyl sites for hydroxylation is 1. The maximum absolute atomic E-state index is 3.82. The van der Waals surface area contributed by atoms with Crippen LogP contribution in [0.15, 0.2) is 66.4 Å². The van der Waals surface area contributed by atoms with Gasteiger partial charge in [-0.3, -0.25) is 0 Å². The van der Waals surface area contributed by atoms with Crippen molar-refractivity contribution in [2.24, 2.45) is 0 Å². The molecule has 28 heavy (non-hydrogen) atoms. The highest BCUT2D eigenvalue weighted by Gasteiger charge is 2.23. The summed E-state index contributed by atoms with van der Waals surface area (Å²) in [7, 11) is 0. The molecule has 0 bridgehead atoms. The van der Waals surface area contributed by atoms with E-state index in [0.29, 0.717) is 0 Å². The summed E-state index contributed by atoms with van der Waals surface area (Å²) in [6, 6.07) is 22.4. The number of rotatable bonds is 3. The Morgan fingerprint density at radius 1 is 0.714 bits per heavy atom. The summed E-state index contributed by atoms with van der Waals surface area (Å²) in [5, 5.41) is 6.47. The van der Waals surface area contributed by atoms with Gasteiger partial charge in [0.2, 0.25) is 0 Å². The van der Waals surface area contributed by atoms with E-state index in [-0.39, 0.29) is 11.0 Å². The fourth-order valence-corrected chi connectivity index (χ4v) is 4.14. The van der Waals surface area contributed by atoms with Gasteiger partial charge >= 0.3 is 0 Å². The lowest BCUT2D eigenvalue weighted by Gasteiger charge is -2.32. The van der Waals surface area contributed by atoms with Gasteiger partial charge in [0.1, 0.15) is 0 Å². The van der Waals surface area contributed by atoms with Gasteiger partial charge < -0.3 is 5.32 Å². The van der Waals surface area contributed by atoms with Crippen LogP contribution >= 0.6 is 0 Å². The molecule has 3 aromatic carbocycles. The van der Waals surface area contributed by atoms with Crippen LogP contribution in [0.25, 0.3) is 16.8 Å². The minimum Gasteiger partial charge on any atom is -0.379 e. The molecule has 144 valence electrons. The Kier molecular flexibility index (Phi) is 4.57. The molecule has 0 fully saturated rings. The van der Waals surface area contributed by atoms with E-state index in [9.17, 15) is 0 Å². The maximum Gasteiger partial charge on any atom is 0.0566 e. The van der Waals surface area contributed by atoms with Gasteiger partial charge in [-0.2, -0.15) is 0 Å². The second-order valence-corrected chi connectivity index (χ2v) is 9.65. The Labute approximate surface area is 169 Å². The number of benzene rings is 3. The van der Waals surface area contributed by atoms with Crippen LogP contribution in [0.2, 0.25) is 0 Å². The lowest BCUT2D eigenvalue weighted by molar-refractivity contribution is 0.440. The van der Waals surface area contributed by atoms with Gasteiger partial charge in [0.15, 0.2) is 0 Å². The third kappa shape index (κ3) is 3.71. The topological polar surface area (TPSA) is 12.0 Å². The van der Waals surface area contributed by atoms with Gasteiger partial charge in [0, 0.05) is 5.70 Å². The van der Waals surface area contributed by atoms with E-state index in [1.54, 1.807) is 0 Å². The number of allylic oxidation sites excluding steroid dienone is 1. The highest BCUT2D eigenvalue weighted by molar-refractivity contribution is 5.86. The fourth-order valence-electron chi connectivity index (χ4n) is 4.14. The molecule has 3 aromatic rings. The van der Waals surface area contributed by atoms with Crippen LogP contribution < -0.4 is 5.32 Å². The van der Waals surface area contributed by atoms with E-state index in [1.165, 1.54) is 38.7 Å². The van der Waals surface area contributed by atoms with E-state index >= 15 is 0 Å². The molecule has 0 saturated heterocycles. The number of hydrogen-bond donors (Lipinski definition) is 1. The van der Waals surface area contributed by atoms with E-state index < -0.39 is 0 Å². The van der Waals surface area contributed by atoms with Gasteiger partial charge in [0.25, 0.3) is 0 Å². The molecule has 0 aromatic heterocycles. The van der Waals surface area contributed by atoms with E-state index in [1.807, 2.05) is 0 Å². The Bertz CT molecular complexity index is 1030. The van der Waals surface area contributed by atoms with Crippen LogP contribution in [-0.2, 0) is 17.4 Å². The second kappa shape index (κ2) is 6.81. The highest BCUT2D eigenvalue weighted by atomic mass is 15.0. The average molecular weight is 370 g/mol.